The first kappa shape index (κ1) is 15.7. The van der Waals surface area contributed by atoms with Gasteiger partial charge >= 0.3 is 132 Å². The third kappa shape index (κ3) is 2.60. The van der Waals surface area contributed by atoms with Crippen molar-refractivity contribution in [2.75, 3.05) is 19.0 Å². The molecular formula is C13H20AsN5O3. The zero-order valence-corrected chi connectivity index (χ0v) is 14.6. The van der Waals surface area contributed by atoms with E-state index in [0.717, 1.165) is 4.61 Å². The van der Waals surface area contributed by atoms with Crippen molar-refractivity contribution < 1.29 is 14.9 Å². The van der Waals surface area contributed by atoms with Gasteiger partial charge in [0, 0.05) is 0 Å². The first-order valence-electron chi connectivity index (χ1n) is 7.09. The van der Waals surface area contributed by atoms with Gasteiger partial charge in [-0.05, 0) is 0 Å². The quantitative estimate of drug-likeness (QED) is 0.623. The molecule has 1 fully saturated rings. The Bertz CT molecular complexity index is 677. The Hall–Kier alpha value is -1.21. The molecule has 0 unspecified atom stereocenters. The molecule has 0 aliphatic carbocycles. The van der Waals surface area contributed by atoms with Gasteiger partial charge in [-0.1, -0.05) is 0 Å². The summed E-state index contributed by atoms with van der Waals surface area (Å²) >= 11 is -1.24. The van der Waals surface area contributed by atoms with E-state index >= 15 is 0 Å². The number of aromatic nitrogens is 4. The van der Waals surface area contributed by atoms with Crippen LogP contribution in [-0.2, 0) is 4.74 Å². The number of hydrogen-bond acceptors (Lipinski definition) is 7. The maximum absolute atomic E-state index is 9.92. The van der Waals surface area contributed by atoms with Gasteiger partial charge in [0.15, 0.2) is 0 Å². The van der Waals surface area contributed by atoms with Crippen LogP contribution in [0.25, 0.3) is 11.2 Å². The summed E-state index contributed by atoms with van der Waals surface area (Å²) in [7, 11) is 1.81. The number of hydrogen-bond donors (Lipinski definition) is 3. The molecule has 2 aromatic heterocycles. The molecule has 0 spiro atoms. The Labute approximate surface area is 132 Å². The van der Waals surface area contributed by atoms with Gasteiger partial charge in [0.1, 0.15) is 0 Å². The van der Waals surface area contributed by atoms with E-state index in [9.17, 15) is 10.2 Å². The summed E-state index contributed by atoms with van der Waals surface area (Å²) in [5.41, 5.74) is 5.73. The van der Waals surface area contributed by atoms with Crippen molar-refractivity contribution in [2.24, 2.45) is 0 Å². The first-order chi connectivity index (χ1) is 10.5. The molecule has 1 aliphatic heterocycles. The van der Waals surface area contributed by atoms with Crippen molar-refractivity contribution in [3.05, 3.63) is 6.33 Å². The molecule has 0 bridgehead atoms. The molecular weight excluding hydrogens is 349 g/mol. The molecule has 1 aliphatic rings. The Morgan fingerprint density at radius 2 is 2.23 bits per heavy atom. The summed E-state index contributed by atoms with van der Waals surface area (Å²) in [4.78, 5) is 13.6. The maximum atomic E-state index is 9.92. The zero-order valence-electron chi connectivity index (χ0n) is 12.8. The number of nitrogens with zero attached hydrogens (tertiary/aromatic N) is 4. The first-order valence-corrected chi connectivity index (χ1v) is 11.8. The predicted molar refractivity (Wildman–Crippen MR) is 83.6 cm³/mol. The van der Waals surface area contributed by atoms with Crippen molar-refractivity contribution in [3.63, 3.8) is 0 Å². The van der Waals surface area contributed by atoms with E-state index in [2.05, 4.69) is 31.7 Å². The fourth-order valence-electron chi connectivity index (χ4n) is 2.54. The summed E-state index contributed by atoms with van der Waals surface area (Å²) in [5, 5.41) is 22.2. The van der Waals surface area contributed by atoms with Gasteiger partial charge in [-0.25, -0.2) is 0 Å². The summed E-state index contributed by atoms with van der Waals surface area (Å²) in [6, 6.07) is 0. The molecule has 0 radical (unpaired) electrons. The second-order valence-corrected chi connectivity index (χ2v) is 10.0. The van der Waals surface area contributed by atoms with Gasteiger partial charge in [-0.15, -0.1) is 0 Å². The Balaban J connectivity index is 2.06. The van der Waals surface area contributed by atoms with Crippen LogP contribution in [0.4, 0.5) is 5.82 Å². The monoisotopic (exact) mass is 369 g/mol. The number of fused-ring (bicyclic) bond motifs is 1. The van der Waals surface area contributed by atoms with Crippen molar-refractivity contribution in [3.8, 4) is 0 Å². The Morgan fingerprint density at radius 1 is 1.45 bits per heavy atom. The van der Waals surface area contributed by atoms with Gasteiger partial charge in [-0.3, -0.25) is 0 Å². The van der Waals surface area contributed by atoms with Gasteiger partial charge in [0.25, 0.3) is 0 Å². The number of aliphatic hydroxyl groups excluding tert-OH is 2. The second kappa shape index (κ2) is 6.12. The SMILES string of the molecule is CNc1nc([As](C)C)nc2c1ncn2[C@H]1C[C@@H](O)[C@H](CO)O1. The van der Waals surface area contributed by atoms with E-state index in [1.807, 2.05) is 11.6 Å². The van der Waals surface area contributed by atoms with E-state index < -0.39 is 26.9 Å². The summed E-state index contributed by atoms with van der Waals surface area (Å²) in [6.45, 7) is -0.203. The van der Waals surface area contributed by atoms with Crippen LogP contribution in [-0.4, -0.2) is 70.2 Å². The molecule has 3 N–H and O–H groups in total. The average Bonchev–Trinajstić information content (AvgIpc) is 3.08. The standard InChI is InChI=1S/C13H20AsN5O3/c1-14(2)13-17-11(15-3)10-12(18-13)19(6-16-10)9-4-7(21)8(5-20)22-9/h6-9,20-21H,4-5H2,1-3H3,(H,15,17,18)/t7-,8+,9-/m1/s1. The van der Waals surface area contributed by atoms with Gasteiger partial charge < -0.3 is 0 Å². The molecule has 3 atom stereocenters. The van der Waals surface area contributed by atoms with E-state index in [1.54, 1.807) is 6.33 Å². The van der Waals surface area contributed by atoms with Crippen LogP contribution in [0.3, 0.4) is 0 Å². The molecule has 8 nitrogen and oxygen atoms in total. The van der Waals surface area contributed by atoms with Gasteiger partial charge in [0.2, 0.25) is 0 Å². The van der Waals surface area contributed by atoms with E-state index in [1.165, 1.54) is 0 Å². The van der Waals surface area contributed by atoms with Crippen LogP contribution in [0.2, 0.25) is 11.4 Å². The molecule has 1 saturated heterocycles. The van der Waals surface area contributed by atoms with Crippen LogP contribution < -0.4 is 9.93 Å². The molecule has 22 heavy (non-hydrogen) atoms. The topological polar surface area (TPSA) is 105 Å². The fraction of sp³-hybridized carbons (Fsp3) is 0.615. The van der Waals surface area contributed by atoms with Crippen molar-refractivity contribution in [1.29, 1.82) is 0 Å². The molecule has 0 saturated carbocycles. The molecule has 0 amide bonds. The van der Waals surface area contributed by atoms with E-state index in [4.69, 9.17) is 4.74 Å². The van der Waals surface area contributed by atoms with E-state index in [-0.39, 0.29) is 12.8 Å². The molecule has 0 aromatic carbocycles. The normalized spacial score (nSPS) is 25.3. The molecule has 3 rings (SSSR count). The number of anilines is 1. The number of nitrogens with one attached hydrogen (secondary N) is 1. The third-order valence-electron chi connectivity index (χ3n) is 3.74. The minimum absolute atomic E-state index is 0.203. The number of imidazole rings is 1. The third-order valence-corrected chi connectivity index (χ3v) is 5.84. The van der Waals surface area contributed by atoms with Crippen LogP contribution in [0, 0.1) is 0 Å². The summed E-state index contributed by atoms with van der Waals surface area (Å²) in [5.74, 6) is 0.707. The summed E-state index contributed by atoms with van der Waals surface area (Å²) in [6.07, 6.45) is 0.443. The van der Waals surface area contributed by atoms with E-state index in [0.29, 0.717) is 23.4 Å². The number of aliphatic hydroxyl groups is 2. The van der Waals surface area contributed by atoms with Gasteiger partial charge in [-0.2, -0.15) is 0 Å². The van der Waals surface area contributed by atoms with Crippen LogP contribution in [0.5, 0.6) is 0 Å². The Morgan fingerprint density at radius 3 is 2.82 bits per heavy atom. The number of rotatable bonds is 4. The minimum atomic E-state index is -1.24. The molecule has 120 valence electrons. The average molecular weight is 369 g/mol. The predicted octanol–water partition coefficient (Wildman–Crippen LogP) is -0.530. The summed E-state index contributed by atoms with van der Waals surface area (Å²) < 4.78 is 8.39. The van der Waals surface area contributed by atoms with Crippen LogP contribution in [0.1, 0.15) is 12.6 Å². The van der Waals surface area contributed by atoms with Crippen LogP contribution in [0.15, 0.2) is 6.33 Å². The Kier molecular flexibility index (Phi) is 4.36. The number of ether oxygens (including phenoxy) is 1. The van der Waals surface area contributed by atoms with Crippen molar-refractivity contribution in [2.45, 2.75) is 36.3 Å². The van der Waals surface area contributed by atoms with Crippen molar-refractivity contribution in [1.82, 2.24) is 19.5 Å². The molecule has 3 heterocycles. The van der Waals surface area contributed by atoms with Crippen LogP contribution >= 0.6 is 0 Å². The zero-order chi connectivity index (χ0) is 15.9. The van der Waals surface area contributed by atoms with Gasteiger partial charge in [0.05, 0.1) is 0 Å². The second-order valence-electron chi connectivity index (χ2n) is 5.46. The molecule has 9 heteroatoms. The fourth-order valence-corrected chi connectivity index (χ4v) is 3.79. The molecule has 2 aromatic rings. The van der Waals surface area contributed by atoms with Crippen molar-refractivity contribution >= 4 is 36.2 Å².